The zero-order valence-electron chi connectivity index (χ0n) is 15.6. The first-order valence-electron chi connectivity index (χ1n) is 9.12. The molecule has 6 nitrogen and oxygen atoms in total. The number of carbonyl (C=O) groups excluding carboxylic acids is 1. The van der Waals surface area contributed by atoms with Gasteiger partial charge in [-0.15, -0.1) is 0 Å². The van der Waals surface area contributed by atoms with E-state index in [1.165, 1.54) is 15.6 Å². The highest BCUT2D eigenvalue weighted by atomic mass is 32.2. The second-order valence-corrected chi connectivity index (χ2v) is 9.07. The maximum absolute atomic E-state index is 12.6. The molecule has 0 spiro atoms. The van der Waals surface area contributed by atoms with Gasteiger partial charge in [0.25, 0.3) is 0 Å². The Kier molecular flexibility index (Phi) is 7.55. The van der Waals surface area contributed by atoms with Gasteiger partial charge in [0, 0.05) is 19.5 Å². The fraction of sp³-hybridized carbons (Fsp3) is 0.556. The van der Waals surface area contributed by atoms with Gasteiger partial charge in [0.15, 0.2) is 5.13 Å². The first-order chi connectivity index (χ1) is 12.4. The van der Waals surface area contributed by atoms with Gasteiger partial charge in [-0.25, -0.2) is 13.4 Å². The van der Waals surface area contributed by atoms with E-state index in [4.69, 9.17) is 0 Å². The smallest absolute Gasteiger partial charge is 0.243 e. The molecule has 2 aromatic rings. The van der Waals surface area contributed by atoms with Crippen LogP contribution in [0.15, 0.2) is 23.1 Å². The predicted molar refractivity (Wildman–Crippen MR) is 107 cm³/mol. The highest BCUT2D eigenvalue weighted by Crippen LogP contribution is 2.29. The molecule has 1 N–H and O–H groups in total. The summed E-state index contributed by atoms with van der Waals surface area (Å²) in [7, 11) is -3.50. The van der Waals surface area contributed by atoms with Crippen molar-refractivity contribution < 1.29 is 13.2 Å². The van der Waals surface area contributed by atoms with Crippen LogP contribution in [0.2, 0.25) is 0 Å². The lowest BCUT2D eigenvalue weighted by Gasteiger charge is -2.18. The van der Waals surface area contributed by atoms with E-state index in [2.05, 4.69) is 17.2 Å². The van der Waals surface area contributed by atoms with Gasteiger partial charge in [0.2, 0.25) is 15.9 Å². The standard InChI is InChI=1S/C18H27N3O3S2/c1-4-7-8-9-10-17(22)20-18-19-15-12-11-14(13-16(15)25-18)26(23,24)21(5-2)6-3/h11-13H,4-10H2,1-3H3,(H,19,20,22). The largest absolute Gasteiger partial charge is 0.302 e. The zero-order valence-corrected chi connectivity index (χ0v) is 17.3. The van der Waals surface area contributed by atoms with Gasteiger partial charge >= 0.3 is 0 Å². The topological polar surface area (TPSA) is 79.4 Å². The number of aromatic nitrogens is 1. The lowest BCUT2D eigenvalue weighted by atomic mass is 10.1. The summed E-state index contributed by atoms with van der Waals surface area (Å²) in [6.45, 7) is 6.63. The number of thiazole rings is 1. The molecule has 0 atom stereocenters. The third-order valence-electron chi connectivity index (χ3n) is 4.21. The van der Waals surface area contributed by atoms with Gasteiger partial charge in [-0.2, -0.15) is 4.31 Å². The molecule has 0 aliphatic rings. The van der Waals surface area contributed by atoms with E-state index in [1.54, 1.807) is 18.2 Å². The molecule has 8 heteroatoms. The first-order valence-corrected chi connectivity index (χ1v) is 11.4. The highest BCUT2D eigenvalue weighted by molar-refractivity contribution is 7.89. The molecule has 144 valence electrons. The number of hydrogen-bond donors (Lipinski definition) is 1. The van der Waals surface area contributed by atoms with Crippen molar-refractivity contribution in [3.8, 4) is 0 Å². The van der Waals surface area contributed by atoms with Crippen LogP contribution in [0, 0.1) is 0 Å². The third-order valence-corrected chi connectivity index (χ3v) is 7.19. The van der Waals surface area contributed by atoms with Gasteiger partial charge in [0.05, 0.1) is 15.1 Å². The molecule has 0 aliphatic heterocycles. The van der Waals surface area contributed by atoms with Gasteiger partial charge < -0.3 is 5.32 Å². The molecule has 1 aromatic carbocycles. The minimum Gasteiger partial charge on any atom is -0.302 e. The number of rotatable bonds is 10. The summed E-state index contributed by atoms with van der Waals surface area (Å²) >= 11 is 1.30. The molecule has 1 aromatic heterocycles. The third kappa shape index (κ3) is 5.02. The minimum absolute atomic E-state index is 0.0452. The Balaban J connectivity index is 2.13. The van der Waals surface area contributed by atoms with Crippen molar-refractivity contribution in [1.82, 2.24) is 9.29 Å². The number of benzene rings is 1. The Bertz CT molecular complexity index is 842. The summed E-state index contributed by atoms with van der Waals surface area (Å²) in [5.74, 6) is -0.0452. The van der Waals surface area contributed by atoms with E-state index in [-0.39, 0.29) is 10.8 Å². The second-order valence-electron chi connectivity index (χ2n) is 6.10. The van der Waals surface area contributed by atoms with Crippen LogP contribution in [0.25, 0.3) is 10.2 Å². The van der Waals surface area contributed by atoms with E-state index >= 15 is 0 Å². The number of nitrogens with zero attached hydrogens (tertiary/aromatic N) is 2. The Morgan fingerprint density at radius 1 is 1.15 bits per heavy atom. The predicted octanol–water partition coefficient (Wildman–Crippen LogP) is 4.24. The summed E-state index contributed by atoms with van der Waals surface area (Å²) in [6.07, 6.45) is 4.68. The maximum atomic E-state index is 12.6. The Labute approximate surface area is 159 Å². The van der Waals surface area contributed by atoms with Gasteiger partial charge in [-0.05, 0) is 24.6 Å². The van der Waals surface area contributed by atoms with Gasteiger partial charge in [-0.3, -0.25) is 4.79 Å². The maximum Gasteiger partial charge on any atom is 0.243 e. The second kappa shape index (κ2) is 9.43. The minimum atomic E-state index is -3.50. The van der Waals surface area contributed by atoms with Crippen molar-refractivity contribution in [1.29, 1.82) is 0 Å². The monoisotopic (exact) mass is 397 g/mol. The van der Waals surface area contributed by atoms with E-state index in [1.807, 2.05) is 13.8 Å². The van der Waals surface area contributed by atoms with E-state index in [0.717, 1.165) is 30.4 Å². The number of sulfonamides is 1. The molecule has 1 heterocycles. The Morgan fingerprint density at radius 2 is 1.88 bits per heavy atom. The van der Waals surface area contributed by atoms with Crippen LogP contribution in [0.5, 0.6) is 0 Å². The molecule has 0 saturated heterocycles. The van der Waals surface area contributed by atoms with Crippen LogP contribution in [-0.4, -0.2) is 36.7 Å². The van der Waals surface area contributed by atoms with Crippen LogP contribution in [0.4, 0.5) is 5.13 Å². The number of carbonyl (C=O) groups is 1. The van der Waals surface area contributed by atoms with E-state index < -0.39 is 10.0 Å². The summed E-state index contributed by atoms with van der Waals surface area (Å²) in [4.78, 5) is 16.6. The number of fused-ring (bicyclic) bond motifs is 1. The highest BCUT2D eigenvalue weighted by Gasteiger charge is 2.22. The van der Waals surface area contributed by atoms with Crippen molar-refractivity contribution in [2.75, 3.05) is 18.4 Å². The molecule has 0 radical (unpaired) electrons. The lowest BCUT2D eigenvalue weighted by Crippen LogP contribution is -2.30. The molecule has 0 fully saturated rings. The van der Waals surface area contributed by atoms with Crippen LogP contribution < -0.4 is 5.32 Å². The van der Waals surface area contributed by atoms with Crippen LogP contribution >= 0.6 is 11.3 Å². The Morgan fingerprint density at radius 3 is 2.54 bits per heavy atom. The number of nitrogens with one attached hydrogen (secondary N) is 1. The van der Waals surface area contributed by atoms with Gasteiger partial charge in [-0.1, -0.05) is 51.4 Å². The molecule has 2 rings (SSSR count). The van der Waals surface area contributed by atoms with Crippen molar-refractivity contribution in [3.05, 3.63) is 18.2 Å². The Hall–Kier alpha value is -1.51. The van der Waals surface area contributed by atoms with Crippen LogP contribution in [0.1, 0.15) is 52.9 Å². The van der Waals surface area contributed by atoms with Crippen molar-refractivity contribution >= 4 is 42.6 Å². The molecular formula is C18H27N3O3S2. The normalized spacial score (nSPS) is 12.0. The summed E-state index contributed by atoms with van der Waals surface area (Å²) in [5.41, 5.74) is 0.690. The molecule has 26 heavy (non-hydrogen) atoms. The van der Waals surface area contributed by atoms with Crippen molar-refractivity contribution in [3.63, 3.8) is 0 Å². The molecule has 1 amide bonds. The van der Waals surface area contributed by atoms with E-state index in [9.17, 15) is 13.2 Å². The van der Waals surface area contributed by atoms with E-state index in [0.29, 0.717) is 30.2 Å². The fourth-order valence-electron chi connectivity index (χ4n) is 2.73. The average molecular weight is 398 g/mol. The number of hydrogen-bond acceptors (Lipinski definition) is 5. The quantitative estimate of drug-likeness (QED) is 0.608. The SMILES string of the molecule is CCCCCCC(=O)Nc1nc2ccc(S(=O)(=O)N(CC)CC)cc2s1. The lowest BCUT2D eigenvalue weighted by molar-refractivity contribution is -0.116. The summed E-state index contributed by atoms with van der Waals surface area (Å²) < 4.78 is 27.4. The van der Waals surface area contributed by atoms with Crippen molar-refractivity contribution in [2.24, 2.45) is 0 Å². The van der Waals surface area contributed by atoms with Crippen LogP contribution in [-0.2, 0) is 14.8 Å². The molecular weight excluding hydrogens is 370 g/mol. The summed E-state index contributed by atoms with van der Waals surface area (Å²) in [6, 6.07) is 4.91. The zero-order chi connectivity index (χ0) is 19.2. The first kappa shape index (κ1) is 20.8. The number of unbranched alkanes of at least 4 members (excludes halogenated alkanes) is 3. The van der Waals surface area contributed by atoms with Crippen molar-refractivity contribution in [2.45, 2.75) is 57.8 Å². The van der Waals surface area contributed by atoms with Crippen LogP contribution in [0.3, 0.4) is 0 Å². The summed E-state index contributed by atoms with van der Waals surface area (Å²) in [5, 5.41) is 3.33. The number of amides is 1. The van der Waals surface area contributed by atoms with Gasteiger partial charge in [0.1, 0.15) is 0 Å². The molecule has 0 unspecified atom stereocenters. The average Bonchev–Trinajstić information content (AvgIpc) is 3.00. The molecule has 0 aliphatic carbocycles. The number of anilines is 1. The molecule has 0 bridgehead atoms. The molecule has 0 saturated carbocycles. The fourth-order valence-corrected chi connectivity index (χ4v) is 5.21.